The quantitative estimate of drug-likeness (QED) is 0.818. The smallest absolute Gasteiger partial charge is 0.295 e. The van der Waals surface area contributed by atoms with E-state index in [-0.39, 0.29) is 24.0 Å². The van der Waals surface area contributed by atoms with Gasteiger partial charge in [0.2, 0.25) is 5.75 Å². The summed E-state index contributed by atoms with van der Waals surface area (Å²) >= 11 is 0. The average molecular weight is 253 g/mol. The van der Waals surface area contributed by atoms with Gasteiger partial charge in [-0.05, 0) is 25.7 Å². The normalized spacial score (nSPS) is 19.9. The molecule has 1 saturated heterocycles. The summed E-state index contributed by atoms with van der Waals surface area (Å²) in [5, 5.41) is 9.12. The lowest BCUT2D eigenvalue weighted by Gasteiger charge is -2.36. The minimum absolute atomic E-state index is 0.146. The molecule has 2 rings (SSSR count). The molecule has 0 aromatic carbocycles. The van der Waals surface area contributed by atoms with Gasteiger partial charge < -0.3 is 19.7 Å². The number of anilines is 1. The molecular formula is C12H19N3O3. The topological polar surface area (TPSA) is 78.5 Å². The van der Waals surface area contributed by atoms with Crippen LogP contribution in [0, 0.1) is 0 Å². The molecule has 1 aliphatic heterocycles. The second-order valence-electron chi connectivity index (χ2n) is 4.44. The number of aliphatic hydroxyl groups is 1. The Balaban J connectivity index is 2.33. The zero-order valence-electron chi connectivity index (χ0n) is 10.6. The fraction of sp³-hybridized carbons (Fsp3) is 0.667. The number of nitrogens with zero attached hydrogens (tertiary/aromatic N) is 2. The Morgan fingerprint density at radius 2 is 2.44 bits per heavy atom. The van der Waals surface area contributed by atoms with Crippen molar-refractivity contribution in [2.45, 2.75) is 31.7 Å². The highest BCUT2D eigenvalue weighted by molar-refractivity contribution is 5.51. The van der Waals surface area contributed by atoms with Crippen LogP contribution in [0.15, 0.2) is 11.1 Å². The second kappa shape index (κ2) is 5.86. The number of hydrogen-bond acceptors (Lipinski definition) is 5. The third kappa shape index (κ3) is 2.48. The van der Waals surface area contributed by atoms with Crippen LogP contribution in [0.4, 0.5) is 5.82 Å². The molecule has 0 spiro atoms. The Kier molecular flexibility index (Phi) is 4.19. The Labute approximate surface area is 106 Å². The molecule has 0 radical (unpaired) electrons. The number of methoxy groups -OCH3 is 1. The standard InChI is InChI=1S/C12H19N3O3/c1-18-10-11(13-8-14-12(10)17)15-6-3-2-4-9(15)5-7-16/h8-9,16H,2-7H2,1H3,(H,13,14,17). The van der Waals surface area contributed by atoms with Crippen LogP contribution >= 0.6 is 0 Å². The largest absolute Gasteiger partial charge is 0.489 e. The van der Waals surface area contributed by atoms with Gasteiger partial charge >= 0.3 is 0 Å². The summed E-state index contributed by atoms with van der Waals surface area (Å²) < 4.78 is 5.15. The Morgan fingerprint density at radius 3 is 3.17 bits per heavy atom. The predicted molar refractivity (Wildman–Crippen MR) is 68.1 cm³/mol. The lowest BCUT2D eigenvalue weighted by molar-refractivity contribution is 0.261. The molecule has 1 atom stereocenters. The van der Waals surface area contributed by atoms with Gasteiger partial charge in [0.05, 0.1) is 13.4 Å². The SMILES string of the molecule is COc1c(N2CCCCC2CCO)nc[nH]c1=O. The fourth-order valence-corrected chi connectivity index (χ4v) is 2.49. The van der Waals surface area contributed by atoms with Crippen molar-refractivity contribution in [3.8, 4) is 5.75 Å². The van der Waals surface area contributed by atoms with Gasteiger partial charge in [-0.25, -0.2) is 4.98 Å². The van der Waals surface area contributed by atoms with Crippen LogP contribution in [0.2, 0.25) is 0 Å². The van der Waals surface area contributed by atoms with Crippen LogP contribution in [0.25, 0.3) is 0 Å². The molecule has 0 bridgehead atoms. The minimum Gasteiger partial charge on any atom is -0.489 e. The number of aliphatic hydroxyl groups excluding tert-OH is 1. The third-order valence-electron chi connectivity index (χ3n) is 3.36. The van der Waals surface area contributed by atoms with E-state index in [9.17, 15) is 4.79 Å². The number of nitrogens with one attached hydrogen (secondary N) is 1. The van der Waals surface area contributed by atoms with Crippen LogP contribution in [-0.2, 0) is 0 Å². The summed E-state index contributed by atoms with van der Waals surface area (Å²) in [5.74, 6) is 0.835. The number of hydrogen-bond donors (Lipinski definition) is 2. The van der Waals surface area contributed by atoms with Crippen LogP contribution in [0.5, 0.6) is 5.75 Å². The highest BCUT2D eigenvalue weighted by atomic mass is 16.5. The van der Waals surface area contributed by atoms with Crippen LogP contribution in [0.1, 0.15) is 25.7 Å². The highest BCUT2D eigenvalue weighted by Gasteiger charge is 2.26. The van der Waals surface area contributed by atoms with E-state index < -0.39 is 0 Å². The number of aromatic nitrogens is 2. The molecule has 1 unspecified atom stereocenters. The number of rotatable bonds is 4. The maximum Gasteiger partial charge on any atom is 0.295 e. The summed E-state index contributed by atoms with van der Waals surface area (Å²) in [6, 6.07) is 0.229. The van der Waals surface area contributed by atoms with Gasteiger partial charge in [0, 0.05) is 19.2 Å². The van der Waals surface area contributed by atoms with Gasteiger partial charge in [0.1, 0.15) is 0 Å². The summed E-state index contributed by atoms with van der Waals surface area (Å²) in [7, 11) is 1.47. The molecule has 0 saturated carbocycles. The predicted octanol–water partition coefficient (Wildman–Crippen LogP) is 0.520. The number of aromatic amines is 1. The van der Waals surface area contributed by atoms with Crippen molar-refractivity contribution in [1.82, 2.24) is 9.97 Å². The molecule has 100 valence electrons. The summed E-state index contributed by atoms with van der Waals surface area (Å²) in [5.41, 5.74) is -0.268. The average Bonchev–Trinajstić information content (AvgIpc) is 2.39. The fourth-order valence-electron chi connectivity index (χ4n) is 2.49. The van der Waals surface area contributed by atoms with Gasteiger partial charge in [-0.15, -0.1) is 0 Å². The molecule has 6 nitrogen and oxygen atoms in total. The van der Waals surface area contributed by atoms with Crippen molar-refractivity contribution in [3.05, 3.63) is 16.7 Å². The molecule has 0 aliphatic carbocycles. The van der Waals surface area contributed by atoms with E-state index in [0.717, 1.165) is 25.8 Å². The summed E-state index contributed by atoms with van der Waals surface area (Å²) in [4.78, 5) is 20.5. The zero-order chi connectivity index (χ0) is 13.0. The van der Waals surface area contributed by atoms with Gasteiger partial charge in [-0.3, -0.25) is 4.79 Å². The van der Waals surface area contributed by atoms with E-state index in [0.29, 0.717) is 12.2 Å². The van der Waals surface area contributed by atoms with Gasteiger partial charge in [0.15, 0.2) is 5.82 Å². The van der Waals surface area contributed by atoms with Crippen molar-refractivity contribution in [1.29, 1.82) is 0 Å². The summed E-state index contributed by atoms with van der Waals surface area (Å²) in [6.45, 7) is 0.990. The van der Waals surface area contributed by atoms with Crippen molar-refractivity contribution < 1.29 is 9.84 Å². The Morgan fingerprint density at radius 1 is 1.61 bits per heavy atom. The molecule has 1 aromatic rings. The zero-order valence-corrected chi connectivity index (χ0v) is 10.6. The lowest BCUT2D eigenvalue weighted by Crippen LogP contribution is -2.41. The molecule has 1 aliphatic rings. The van der Waals surface area contributed by atoms with Crippen LogP contribution in [0.3, 0.4) is 0 Å². The van der Waals surface area contributed by atoms with Gasteiger partial charge in [0.25, 0.3) is 5.56 Å². The van der Waals surface area contributed by atoms with Crippen molar-refractivity contribution in [2.24, 2.45) is 0 Å². The Hall–Kier alpha value is -1.56. The number of ether oxygens (including phenoxy) is 1. The lowest BCUT2D eigenvalue weighted by atomic mass is 9.99. The van der Waals surface area contributed by atoms with Crippen molar-refractivity contribution >= 4 is 5.82 Å². The first-order chi connectivity index (χ1) is 8.77. The Bertz CT molecular complexity index is 444. The first-order valence-corrected chi connectivity index (χ1v) is 6.27. The van der Waals surface area contributed by atoms with E-state index in [4.69, 9.17) is 9.84 Å². The molecule has 6 heteroatoms. The first-order valence-electron chi connectivity index (χ1n) is 6.27. The second-order valence-corrected chi connectivity index (χ2v) is 4.44. The van der Waals surface area contributed by atoms with E-state index in [1.807, 2.05) is 0 Å². The van der Waals surface area contributed by atoms with Gasteiger partial charge in [-0.1, -0.05) is 0 Å². The maximum absolute atomic E-state index is 11.7. The highest BCUT2D eigenvalue weighted by Crippen LogP contribution is 2.29. The first kappa shape index (κ1) is 12.9. The molecule has 1 aromatic heterocycles. The number of piperidine rings is 1. The summed E-state index contributed by atoms with van der Waals surface area (Å²) in [6.07, 6.45) is 5.31. The van der Waals surface area contributed by atoms with Gasteiger partial charge in [-0.2, -0.15) is 0 Å². The molecule has 0 amide bonds. The molecule has 1 fully saturated rings. The molecular weight excluding hydrogens is 234 g/mol. The third-order valence-corrected chi connectivity index (χ3v) is 3.36. The van der Waals surface area contributed by atoms with Crippen LogP contribution in [-0.4, -0.2) is 41.4 Å². The molecule has 2 heterocycles. The van der Waals surface area contributed by atoms with Crippen LogP contribution < -0.4 is 15.2 Å². The molecule has 18 heavy (non-hydrogen) atoms. The monoisotopic (exact) mass is 253 g/mol. The van der Waals surface area contributed by atoms with E-state index in [1.165, 1.54) is 13.4 Å². The van der Waals surface area contributed by atoms with Crippen molar-refractivity contribution in [3.63, 3.8) is 0 Å². The van der Waals surface area contributed by atoms with E-state index in [1.54, 1.807) is 0 Å². The van der Waals surface area contributed by atoms with E-state index in [2.05, 4.69) is 14.9 Å². The minimum atomic E-state index is -0.268. The number of H-pyrrole nitrogens is 1. The van der Waals surface area contributed by atoms with Crippen molar-refractivity contribution in [2.75, 3.05) is 25.2 Å². The van der Waals surface area contributed by atoms with E-state index >= 15 is 0 Å². The maximum atomic E-state index is 11.7. The molecule has 2 N–H and O–H groups in total.